The third kappa shape index (κ3) is 3.45. The summed E-state index contributed by atoms with van der Waals surface area (Å²) in [5, 5.41) is 0. The highest BCUT2D eigenvalue weighted by Gasteiger charge is 2.36. The Morgan fingerprint density at radius 2 is 1.39 bits per heavy atom. The Balaban J connectivity index is 1.80. The molecule has 1 atom stereocenters. The molecule has 138 valence electrons. The number of carbonyl (C=O) groups excluding carboxylic acids is 2. The summed E-state index contributed by atoms with van der Waals surface area (Å²) >= 11 is 0. The molecule has 3 aromatic rings. The van der Waals surface area contributed by atoms with E-state index in [0.717, 1.165) is 5.56 Å². The molecule has 4 heteroatoms. The van der Waals surface area contributed by atoms with Crippen LogP contribution in [0.1, 0.15) is 33.3 Å². The maximum Gasteiger partial charge on any atom is 0.349 e. The van der Waals surface area contributed by atoms with E-state index in [0.29, 0.717) is 16.7 Å². The molecule has 0 aromatic heterocycles. The minimum Gasteiger partial charge on any atom is -0.449 e. The van der Waals surface area contributed by atoms with E-state index in [4.69, 9.17) is 9.47 Å². The molecule has 4 nitrogen and oxygen atoms in total. The summed E-state index contributed by atoms with van der Waals surface area (Å²) in [4.78, 5) is 25.9. The van der Waals surface area contributed by atoms with Gasteiger partial charge in [0.15, 0.2) is 5.57 Å². The van der Waals surface area contributed by atoms with Gasteiger partial charge in [-0.25, -0.2) is 4.79 Å². The molecule has 28 heavy (non-hydrogen) atoms. The SMILES string of the molecule is Cc1ccc([C@@H]2OC(=O)C(C(=O)c3ccccc3)=C(c3ccccc3)O2)cc1. The van der Waals surface area contributed by atoms with E-state index in [1.54, 1.807) is 36.4 Å². The summed E-state index contributed by atoms with van der Waals surface area (Å²) < 4.78 is 11.5. The predicted molar refractivity (Wildman–Crippen MR) is 105 cm³/mol. The Morgan fingerprint density at radius 1 is 0.786 bits per heavy atom. The fourth-order valence-corrected chi connectivity index (χ4v) is 3.03. The molecule has 0 radical (unpaired) electrons. The monoisotopic (exact) mass is 370 g/mol. The zero-order valence-electron chi connectivity index (χ0n) is 15.3. The van der Waals surface area contributed by atoms with Gasteiger partial charge in [-0.1, -0.05) is 90.5 Å². The number of ketones is 1. The summed E-state index contributed by atoms with van der Waals surface area (Å²) in [5.74, 6) is -0.882. The minimum atomic E-state index is -0.907. The van der Waals surface area contributed by atoms with Crippen molar-refractivity contribution >= 4 is 17.5 Å². The van der Waals surface area contributed by atoms with Crippen molar-refractivity contribution in [2.75, 3.05) is 0 Å². The highest BCUT2D eigenvalue weighted by molar-refractivity contribution is 6.28. The van der Waals surface area contributed by atoms with Crippen molar-refractivity contribution in [3.05, 3.63) is 113 Å². The van der Waals surface area contributed by atoms with Crippen LogP contribution in [-0.4, -0.2) is 11.8 Å². The van der Waals surface area contributed by atoms with Crippen molar-refractivity contribution in [1.29, 1.82) is 0 Å². The topological polar surface area (TPSA) is 52.6 Å². The first-order valence-electron chi connectivity index (χ1n) is 8.97. The Bertz CT molecular complexity index is 1030. The second-order valence-electron chi connectivity index (χ2n) is 6.53. The number of cyclic esters (lactones) is 1. The summed E-state index contributed by atoms with van der Waals surface area (Å²) in [7, 11) is 0. The largest absolute Gasteiger partial charge is 0.449 e. The van der Waals surface area contributed by atoms with Crippen LogP contribution in [0.3, 0.4) is 0 Å². The third-order valence-corrected chi connectivity index (χ3v) is 4.52. The zero-order valence-corrected chi connectivity index (χ0v) is 15.3. The number of aryl methyl sites for hydroxylation is 1. The molecule has 1 aliphatic rings. The molecule has 0 spiro atoms. The van der Waals surface area contributed by atoms with Crippen LogP contribution in [0.25, 0.3) is 5.76 Å². The van der Waals surface area contributed by atoms with Crippen LogP contribution in [0.2, 0.25) is 0 Å². The van der Waals surface area contributed by atoms with E-state index in [9.17, 15) is 9.59 Å². The lowest BCUT2D eigenvalue weighted by Crippen LogP contribution is -2.27. The fraction of sp³-hybridized carbons (Fsp3) is 0.0833. The van der Waals surface area contributed by atoms with Crippen molar-refractivity contribution in [2.24, 2.45) is 0 Å². The first-order valence-corrected chi connectivity index (χ1v) is 8.97. The lowest BCUT2D eigenvalue weighted by atomic mass is 9.98. The van der Waals surface area contributed by atoms with Crippen LogP contribution in [0.15, 0.2) is 90.5 Å². The molecule has 0 fully saturated rings. The third-order valence-electron chi connectivity index (χ3n) is 4.52. The van der Waals surface area contributed by atoms with Gasteiger partial charge in [0, 0.05) is 16.7 Å². The van der Waals surface area contributed by atoms with Crippen LogP contribution >= 0.6 is 0 Å². The molecule has 0 aliphatic carbocycles. The van der Waals surface area contributed by atoms with Gasteiger partial charge in [-0.15, -0.1) is 0 Å². The van der Waals surface area contributed by atoms with Crippen LogP contribution in [0.5, 0.6) is 0 Å². The highest BCUT2D eigenvalue weighted by Crippen LogP contribution is 2.36. The molecule has 4 rings (SSSR count). The molecule has 0 unspecified atom stereocenters. The Hall–Kier alpha value is -3.66. The first kappa shape index (κ1) is 17.7. The molecule has 1 heterocycles. The molecule has 0 N–H and O–H groups in total. The lowest BCUT2D eigenvalue weighted by Gasteiger charge is -2.28. The number of carbonyl (C=O) groups is 2. The molecular weight excluding hydrogens is 352 g/mol. The fourth-order valence-electron chi connectivity index (χ4n) is 3.03. The van der Waals surface area contributed by atoms with Crippen molar-refractivity contribution in [1.82, 2.24) is 0 Å². The van der Waals surface area contributed by atoms with Gasteiger partial charge in [0.05, 0.1) is 0 Å². The smallest absolute Gasteiger partial charge is 0.349 e. The van der Waals surface area contributed by atoms with E-state index in [1.165, 1.54) is 0 Å². The number of ether oxygens (including phenoxy) is 2. The molecule has 0 saturated heterocycles. The summed E-state index contributed by atoms with van der Waals surface area (Å²) in [6.45, 7) is 1.98. The molecule has 0 bridgehead atoms. The summed E-state index contributed by atoms with van der Waals surface area (Å²) in [5.41, 5.74) is 2.75. The molecular formula is C24H18O4. The van der Waals surface area contributed by atoms with Gasteiger partial charge in [0.1, 0.15) is 5.76 Å². The maximum atomic E-state index is 13.0. The standard InChI is InChI=1S/C24H18O4/c1-16-12-14-19(15-13-16)24-27-22(18-10-6-3-7-11-18)20(23(26)28-24)21(25)17-8-4-2-5-9-17/h2-15,24H,1H3/t24-/m0/s1. The number of esters is 1. The zero-order chi connectivity index (χ0) is 19.5. The van der Waals surface area contributed by atoms with Crippen molar-refractivity contribution in [3.63, 3.8) is 0 Å². The van der Waals surface area contributed by atoms with E-state index in [1.807, 2.05) is 55.5 Å². The van der Waals surface area contributed by atoms with E-state index >= 15 is 0 Å². The van der Waals surface area contributed by atoms with Crippen LogP contribution in [0, 0.1) is 6.92 Å². The van der Waals surface area contributed by atoms with Gasteiger partial charge < -0.3 is 9.47 Å². The number of rotatable bonds is 4. The normalized spacial score (nSPS) is 16.3. The van der Waals surface area contributed by atoms with Gasteiger partial charge in [0.2, 0.25) is 5.78 Å². The second kappa shape index (κ2) is 7.53. The maximum absolute atomic E-state index is 13.0. The number of Topliss-reactive ketones (excluding diaryl/α,β-unsaturated/α-hetero) is 1. The predicted octanol–water partition coefficient (Wildman–Crippen LogP) is 4.86. The summed E-state index contributed by atoms with van der Waals surface area (Å²) in [6, 6.07) is 25.3. The van der Waals surface area contributed by atoms with Crippen molar-refractivity contribution in [3.8, 4) is 0 Å². The Morgan fingerprint density at radius 3 is 2.04 bits per heavy atom. The number of hydrogen-bond donors (Lipinski definition) is 0. The van der Waals surface area contributed by atoms with E-state index in [-0.39, 0.29) is 11.3 Å². The quantitative estimate of drug-likeness (QED) is 0.374. The number of benzene rings is 3. The molecule has 0 saturated carbocycles. The van der Waals surface area contributed by atoms with Gasteiger partial charge in [-0.05, 0) is 6.92 Å². The first-order chi connectivity index (χ1) is 13.6. The molecule has 0 amide bonds. The molecule has 3 aromatic carbocycles. The van der Waals surface area contributed by atoms with Gasteiger partial charge in [-0.3, -0.25) is 4.79 Å². The van der Waals surface area contributed by atoms with Crippen molar-refractivity contribution < 1.29 is 19.1 Å². The minimum absolute atomic E-state index is 0.0965. The van der Waals surface area contributed by atoms with Crippen LogP contribution in [-0.2, 0) is 14.3 Å². The van der Waals surface area contributed by atoms with Gasteiger partial charge >= 0.3 is 5.97 Å². The average Bonchev–Trinajstić information content (AvgIpc) is 2.74. The Kier molecular flexibility index (Phi) is 4.77. The van der Waals surface area contributed by atoms with Crippen LogP contribution < -0.4 is 0 Å². The van der Waals surface area contributed by atoms with Gasteiger partial charge in [-0.2, -0.15) is 0 Å². The van der Waals surface area contributed by atoms with Crippen LogP contribution in [0.4, 0.5) is 0 Å². The lowest BCUT2D eigenvalue weighted by molar-refractivity contribution is -0.168. The van der Waals surface area contributed by atoms with E-state index in [2.05, 4.69) is 0 Å². The molecule has 1 aliphatic heterocycles. The second-order valence-corrected chi connectivity index (χ2v) is 6.53. The Labute approximate surface area is 163 Å². The average molecular weight is 370 g/mol. The number of hydrogen-bond acceptors (Lipinski definition) is 4. The van der Waals surface area contributed by atoms with E-state index < -0.39 is 18.0 Å². The van der Waals surface area contributed by atoms with Crippen molar-refractivity contribution in [2.45, 2.75) is 13.2 Å². The highest BCUT2D eigenvalue weighted by atomic mass is 16.7. The summed E-state index contributed by atoms with van der Waals surface area (Å²) in [6.07, 6.45) is -0.907. The van der Waals surface area contributed by atoms with Gasteiger partial charge in [0.25, 0.3) is 6.29 Å².